The number of nitrogens with zero attached hydrogens (tertiary/aromatic N) is 3. The van der Waals surface area contributed by atoms with Crippen molar-refractivity contribution in [3.63, 3.8) is 0 Å². The monoisotopic (exact) mass is 662 g/mol. The molecule has 3 aromatic rings. The molecule has 0 unspecified atom stereocenters. The Balaban J connectivity index is 1.33. The van der Waals surface area contributed by atoms with Gasteiger partial charge in [0.25, 0.3) is 0 Å². The molecule has 2 heterocycles. The zero-order chi connectivity index (χ0) is 33.9. The number of nitrogens with one attached hydrogen (secondary N) is 1. The van der Waals surface area contributed by atoms with Crippen LogP contribution in [0.15, 0.2) is 54.7 Å². The van der Waals surface area contributed by atoms with Crippen LogP contribution in [0.4, 0.5) is 16.3 Å². The summed E-state index contributed by atoms with van der Waals surface area (Å²) in [6.45, 7) is 10.4. The number of carbonyl (C=O) groups excluding carboxylic acids is 2. The molecule has 0 spiro atoms. The maximum absolute atomic E-state index is 13.9. The van der Waals surface area contributed by atoms with Gasteiger partial charge in [0.05, 0.1) is 37.6 Å². The van der Waals surface area contributed by atoms with Gasteiger partial charge in [0, 0.05) is 24.7 Å². The first-order chi connectivity index (χ1) is 22.3. The smallest absolute Gasteiger partial charge is 0.407 e. The second-order valence-corrected chi connectivity index (χ2v) is 14.3. The van der Waals surface area contributed by atoms with Crippen molar-refractivity contribution < 1.29 is 23.8 Å². The lowest BCUT2D eigenvalue weighted by Crippen LogP contribution is -2.42. The highest BCUT2D eigenvalue weighted by atomic mass is 35.5. The minimum absolute atomic E-state index is 0.0487. The number of hydrogen-bond acceptors (Lipinski definition) is 7. The molecule has 2 aliphatic rings. The third kappa shape index (κ3) is 8.49. The van der Waals surface area contributed by atoms with Crippen LogP contribution in [-0.4, -0.2) is 55.4 Å². The number of halogens is 1. The van der Waals surface area contributed by atoms with Crippen LogP contribution in [0.25, 0.3) is 0 Å². The third-order valence-electron chi connectivity index (χ3n) is 8.66. The summed E-state index contributed by atoms with van der Waals surface area (Å²) >= 11 is 6.26. The molecular formula is C37H47ClN4O5. The van der Waals surface area contributed by atoms with Crippen LogP contribution in [0.1, 0.15) is 83.0 Å². The Labute approximate surface area is 283 Å². The van der Waals surface area contributed by atoms with Crippen LogP contribution in [-0.2, 0) is 16.0 Å². The molecule has 0 bridgehead atoms. The maximum Gasteiger partial charge on any atom is 0.407 e. The van der Waals surface area contributed by atoms with Gasteiger partial charge in [-0.3, -0.25) is 9.69 Å². The van der Waals surface area contributed by atoms with E-state index in [-0.39, 0.29) is 30.6 Å². The highest BCUT2D eigenvalue weighted by molar-refractivity contribution is 6.30. The van der Waals surface area contributed by atoms with Crippen LogP contribution in [0.5, 0.6) is 11.5 Å². The molecule has 1 saturated carbocycles. The minimum Gasteiger partial charge on any atom is -0.493 e. The van der Waals surface area contributed by atoms with Crippen molar-refractivity contribution in [1.82, 2.24) is 10.3 Å². The molecule has 10 heteroatoms. The number of alkyl carbamates (subject to hydrolysis) is 1. The summed E-state index contributed by atoms with van der Waals surface area (Å²) < 4.78 is 17.2. The van der Waals surface area contributed by atoms with Crippen molar-refractivity contribution >= 4 is 35.1 Å². The van der Waals surface area contributed by atoms with Crippen molar-refractivity contribution in [3.05, 3.63) is 76.4 Å². The molecule has 47 heavy (non-hydrogen) atoms. The molecule has 1 N–H and O–H groups in total. The molecule has 1 aliphatic carbocycles. The largest absolute Gasteiger partial charge is 0.493 e. The number of fused-ring (bicyclic) bond motifs is 1. The molecule has 5 rings (SSSR count). The van der Waals surface area contributed by atoms with Crippen LogP contribution in [0, 0.1) is 5.92 Å². The summed E-state index contributed by atoms with van der Waals surface area (Å²) in [4.78, 5) is 34.9. The zero-order valence-electron chi connectivity index (χ0n) is 28.5. The van der Waals surface area contributed by atoms with Crippen molar-refractivity contribution in [2.45, 2.75) is 90.5 Å². The highest BCUT2D eigenvalue weighted by Crippen LogP contribution is 2.43. The van der Waals surface area contributed by atoms with E-state index in [0.717, 1.165) is 54.6 Å². The van der Waals surface area contributed by atoms with Gasteiger partial charge in [-0.1, -0.05) is 23.7 Å². The first kappa shape index (κ1) is 34.4. The van der Waals surface area contributed by atoms with Crippen molar-refractivity contribution in [2.24, 2.45) is 5.92 Å². The Morgan fingerprint density at radius 2 is 1.77 bits per heavy atom. The lowest BCUT2D eigenvalue weighted by Gasteiger charge is -2.37. The fraction of sp³-hybridized carbons (Fsp3) is 0.486. The average molecular weight is 663 g/mol. The standard InChI is InChI=1S/C37H47ClN4O5/c1-23(2)46-32-20-30-26(18-31(32)45-7)19-34(43)42(35(30)25-10-12-27(38)13-11-25)33-17-16-29(21-39-33)41(6)22-24-8-14-28(15-9-24)40-36(44)47-37(3,4)5/h10-13,16-18,20-21,23-24,28,35H,8-9,14-15,19,22H2,1-7H3,(H,40,44)/t24-,28-,35-/m0/s1. The number of pyridine rings is 1. The van der Waals surface area contributed by atoms with Gasteiger partial charge in [-0.05, 0) is 119 Å². The van der Waals surface area contributed by atoms with E-state index in [4.69, 9.17) is 30.8 Å². The van der Waals surface area contributed by atoms with E-state index in [9.17, 15) is 9.59 Å². The Hall–Kier alpha value is -3.98. The number of carbonyl (C=O) groups is 2. The van der Waals surface area contributed by atoms with Crippen LogP contribution in [0.2, 0.25) is 5.02 Å². The number of benzene rings is 2. The molecule has 1 atom stereocenters. The van der Waals surface area contributed by atoms with Crippen molar-refractivity contribution in [1.29, 1.82) is 0 Å². The quantitative estimate of drug-likeness (QED) is 0.251. The molecular weight excluding hydrogens is 616 g/mol. The van der Waals surface area contributed by atoms with Gasteiger partial charge < -0.3 is 24.4 Å². The van der Waals surface area contributed by atoms with Crippen LogP contribution < -0.4 is 24.6 Å². The van der Waals surface area contributed by atoms with Gasteiger partial charge in [-0.25, -0.2) is 9.78 Å². The van der Waals surface area contributed by atoms with Gasteiger partial charge in [-0.2, -0.15) is 0 Å². The number of anilines is 2. The topological polar surface area (TPSA) is 93.2 Å². The molecule has 2 amide bonds. The third-order valence-corrected chi connectivity index (χ3v) is 8.91. The van der Waals surface area contributed by atoms with Gasteiger partial charge in [-0.15, -0.1) is 0 Å². The average Bonchev–Trinajstić information content (AvgIpc) is 3.00. The minimum atomic E-state index is -0.504. The van der Waals surface area contributed by atoms with Crippen molar-refractivity contribution in [2.75, 3.05) is 30.5 Å². The molecule has 0 saturated heterocycles. The first-order valence-corrected chi connectivity index (χ1v) is 16.8. The molecule has 252 valence electrons. The Morgan fingerprint density at radius 1 is 1.06 bits per heavy atom. The molecule has 1 aliphatic heterocycles. The van der Waals surface area contributed by atoms with E-state index in [1.54, 1.807) is 12.0 Å². The number of rotatable bonds is 9. The molecule has 1 fully saturated rings. The Morgan fingerprint density at radius 3 is 2.36 bits per heavy atom. The molecule has 2 aromatic carbocycles. The number of methoxy groups -OCH3 is 1. The second kappa shape index (κ2) is 14.4. The summed E-state index contributed by atoms with van der Waals surface area (Å²) in [6, 6.07) is 15.2. The fourth-order valence-electron chi connectivity index (χ4n) is 6.50. The van der Waals surface area contributed by atoms with Gasteiger partial charge >= 0.3 is 6.09 Å². The van der Waals surface area contributed by atoms with Gasteiger partial charge in [0.15, 0.2) is 11.5 Å². The number of amides is 2. The Bertz CT molecular complexity index is 1550. The number of hydrogen-bond donors (Lipinski definition) is 1. The first-order valence-electron chi connectivity index (χ1n) is 16.4. The molecule has 9 nitrogen and oxygen atoms in total. The fourth-order valence-corrected chi connectivity index (χ4v) is 6.62. The predicted octanol–water partition coefficient (Wildman–Crippen LogP) is 7.73. The second-order valence-electron chi connectivity index (χ2n) is 13.9. The summed E-state index contributed by atoms with van der Waals surface area (Å²) in [5.74, 6) is 2.27. The zero-order valence-corrected chi connectivity index (χ0v) is 29.3. The molecule has 0 radical (unpaired) electrons. The number of ether oxygens (including phenoxy) is 3. The van der Waals surface area contributed by atoms with E-state index in [2.05, 4.69) is 17.3 Å². The summed E-state index contributed by atoms with van der Waals surface area (Å²) in [6.07, 6.45) is 5.56. The molecule has 1 aromatic heterocycles. The SMILES string of the molecule is COc1cc2c(cc1OC(C)C)[C@H](c1ccc(Cl)cc1)N(c1ccc(N(C)C[C@H]3CC[C@H](NC(=O)OC(C)(C)C)CC3)cn1)C(=O)C2. The van der Waals surface area contributed by atoms with E-state index in [0.29, 0.717) is 28.3 Å². The summed E-state index contributed by atoms with van der Waals surface area (Å²) in [5, 5.41) is 3.65. The van der Waals surface area contributed by atoms with E-state index >= 15 is 0 Å². The predicted molar refractivity (Wildman–Crippen MR) is 186 cm³/mol. The lowest BCUT2D eigenvalue weighted by atomic mass is 9.85. The van der Waals surface area contributed by atoms with E-state index in [1.807, 2.05) is 89.3 Å². The Kier molecular flexibility index (Phi) is 10.5. The van der Waals surface area contributed by atoms with Gasteiger partial charge in [0.1, 0.15) is 11.4 Å². The summed E-state index contributed by atoms with van der Waals surface area (Å²) in [7, 11) is 3.68. The van der Waals surface area contributed by atoms with Gasteiger partial charge in [0.2, 0.25) is 5.91 Å². The van der Waals surface area contributed by atoms with Crippen LogP contribution in [0.3, 0.4) is 0 Å². The number of aromatic nitrogens is 1. The van der Waals surface area contributed by atoms with E-state index in [1.165, 1.54) is 0 Å². The highest BCUT2D eigenvalue weighted by Gasteiger charge is 2.37. The van der Waals surface area contributed by atoms with E-state index < -0.39 is 11.6 Å². The summed E-state index contributed by atoms with van der Waals surface area (Å²) in [5.41, 5.74) is 3.25. The lowest BCUT2D eigenvalue weighted by molar-refractivity contribution is -0.118. The van der Waals surface area contributed by atoms with Crippen LogP contribution >= 0.6 is 11.6 Å². The maximum atomic E-state index is 13.9. The van der Waals surface area contributed by atoms with Crippen molar-refractivity contribution in [3.8, 4) is 11.5 Å². The normalized spacial score (nSPS) is 19.6.